The van der Waals surface area contributed by atoms with Crippen molar-refractivity contribution < 1.29 is 4.42 Å². The average molecular weight is 707 g/mol. The van der Waals surface area contributed by atoms with E-state index in [9.17, 15) is 5.26 Å². The normalized spacial score (nSPS) is 14.3. The fraction of sp³-hybridized carbons (Fsp3) is 0.120. The fourth-order valence-electron chi connectivity index (χ4n) is 9.42. The van der Waals surface area contributed by atoms with Crippen LogP contribution in [-0.2, 0) is 5.41 Å². The highest BCUT2D eigenvalue weighted by Gasteiger charge is 2.46. The summed E-state index contributed by atoms with van der Waals surface area (Å²) in [5, 5.41) is 14.7. The number of aromatic nitrogens is 3. The monoisotopic (exact) mass is 706 g/mol. The fourth-order valence-corrected chi connectivity index (χ4v) is 9.42. The number of fused-ring (bicyclic) bond motifs is 9. The van der Waals surface area contributed by atoms with Gasteiger partial charge in [0.15, 0.2) is 17.5 Å². The molecular weight excluding hydrogens is 673 g/mol. The molecule has 1 saturated carbocycles. The molecule has 260 valence electrons. The summed E-state index contributed by atoms with van der Waals surface area (Å²) in [4.78, 5) is 15.2. The van der Waals surface area contributed by atoms with Crippen LogP contribution >= 0.6 is 0 Å². The zero-order valence-corrected chi connectivity index (χ0v) is 30.1. The molecule has 0 N–H and O–H groups in total. The van der Waals surface area contributed by atoms with Crippen molar-refractivity contribution in [2.75, 3.05) is 0 Å². The van der Waals surface area contributed by atoms with E-state index in [1.54, 1.807) is 0 Å². The number of hydrogen-bond acceptors (Lipinski definition) is 5. The minimum absolute atomic E-state index is 0.100. The Morgan fingerprint density at radius 2 is 1.15 bits per heavy atom. The van der Waals surface area contributed by atoms with Crippen LogP contribution < -0.4 is 0 Å². The number of para-hydroxylation sites is 1. The van der Waals surface area contributed by atoms with Gasteiger partial charge in [-0.1, -0.05) is 135 Å². The molecule has 0 aliphatic heterocycles. The molecule has 55 heavy (non-hydrogen) atoms. The standard InChI is InChI=1S/C50H34N4O/c51-30-37-12-8-15-41-45-38(14-9-16-42(45)50(46(37)41)26-6-1-7-27-50)32-19-21-33(22-20-32)47-52-48(35-23-18-31-10-2-3-11-34(31)28-35)54-49(53-47)36-24-25-40-39-13-4-5-17-43(39)55-44(40)29-36/h2-5,8-25,28-29H,1,6-7,26-27H2. The van der Waals surface area contributed by atoms with Crippen molar-refractivity contribution in [3.8, 4) is 62.5 Å². The first-order chi connectivity index (χ1) is 27.2. The first-order valence-corrected chi connectivity index (χ1v) is 19.1. The van der Waals surface area contributed by atoms with Crippen molar-refractivity contribution in [2.45, 2.75) is 37.5 Å². The molecule has 5 heteroatoms. The predicted octanol–water partition coefficient (Wildman–Crippen LogP) is 12.7. The Morgan fingerprint density at radius 3 is 1.96 bits per heavy atom. The SMILES string of the molecule is N#Cc1cccc2c1C1(CCCCC1)c1cccc(-c3ccc(-c4nc(-c5ccc6ccccc6c5)nc(-c5ccc6c(c5)oc5ccccc56)n4)cc3)c1-2. The van der Waals surface area contributed by atoms with Crippen molar-refractivity contribution in [3.63, 3.8) is 0 Å². The summed E-state index contributed by atoms with van der Waals surface area (Å²) in [7, 11) is 0. The number of benzene rings is 7. The molecule has 0 unspecified atom stereocenters. The lowest BCUT2D eigenvalue weighted by Crippen LogP contribution is -2.29. The minimum atomic E-state index is -0.100. The van der Waals surface area contributed by atoms with Gasteiger partial charge in [-0.15, -0.1) is 0 Å². The summed E-state index contributed by atoms with van der Waals surface area (Å²) in [5.41, 5.74) is 12.5. The Balaban J connectivity index is 1.04. The van der Waals surface area contributed by atoms with E-state index in [1.165, 1.54) is 52.5 Å². The molecule has 9 aromatic rings. The van der Waals surface area contributed by atoms with E-state index in [0.29, 0.717) is 17.5 Å². The van der Waals surface area contributed by atoms with E-state index >= 15 is 0 Å². The van der Waals surface area contributed by atoms with Gasteiger partial charge in [0, 0.05) is 32.9 Å². The van der Waals surface area contributed by atoms with Gasteiger partial charge in [0.25, 0.3) is 0 Å². The van der Waals surface area contributed by atoms with Crippen molar-refractivity contribution in [2.24, 2.45) is 0 Å². The second kappa shape index (κ2) is 12.3. The zero-order chi connectivity index (χ0) is 36.5. The average Bonchev–Trinajstić information content (AvgIpc) is 3.76. The van der Waals surface area contributed by atoms with Crippen LogP contribution in [0.4, 0.5) is 0 Å². The van der Waals surface area contributed by atoms with Gasteiger partial charge >= 0.3 is 0 Å². The lowest BCUT2D eigenvalue weighted by molar-refractivity contribution is 0.352. The molecule has 0 amide bonds. The van der Waals surface area contributed by atoms with Crippen LogP contribution in [0.2, 0.25) is 0 Å². The molecule has 0 radical (unpaired) electrons. The third kappa shape index (κ3) is 4.95. The highest BCUT2D eigenvalue weighted by Crippen LogP contribution is 2.58. The van der Waals surface area contributed by atoms with E-state index in [0.717, 1.165) is 68.0 Å². The van der Waals surface area contributed by atoms with Crippen LogP contribution in [0, 0.1) is 11.3 Å². The molecule has 7 aromatic carbocycles. The first-order valence-electron chi connectivity index (χ1n) is 19.1. The summed E-state index contributed by atoms with van der Waals surface area (Å²) in [6, 6.07) is 53.2. The van der Waals surface area contributed by atoms with E-state index in [4.69, 9.17) is 19.4 Å². The maximum atomic E-state index is 10.3. The Bertz CT molecular complexity index is 3040. The summed E-state index contributed by atoms with van der Waals surface area (Å²) in [6.07, 6.45) is 5.77. The highest BCUT2D eigenvalue weighted by molar-refractivity contribution is 6.05. The molecular formula is C50H34N4O. The van der Waals surface area contributed by atoms with Crippen LogP contribution in [-0.4, -0.2) is 15.0 Å². The van der Waals surface area contributed by atoms with Crippen molar-refractivity contribution in [3.05, 3.63) is 162 Å². The van der Waals surface area contributed by atoms with Crippen molar-refractivity contribution in [1.82, 2.24) is 15.0 Å². The van der Waals surface area contributed by atoms with Gasteiger partial charge < -0.3 is 4.42 Å². The molecule has 2 aliphatic carbocycles. The maximum Gasteiger partial charge on any atom is 0.164 e. The third-order valence-corrected chi connectivity index (χ3v) is 12.0. The van der Waals surface area contributed by atoms with Crippen molar-refractivity contribution in [1.29, 1.82) is 5.26 Å². The second-order valence-corrected chi connectivity index (χ2v) is 15.0. The zero-order valence-electron chi connectivity index (χ0n) is 30.1. The topological polar surface area (TPSA) is 75.6 Å². The Labute approximate surface area is 318 Å². The van der Waals surface area contributed by atoms with E-state index in [-0.39, 0.29) is 5.41 Å². The molecule has 2 aromatic heterocycles. The van der Waals surface area contributed by atoms with Crippen LogP contribution in [0.3, 0.4) is 0 Å². The highest BCUT2D eigenvalue weighted by atomic mass is 16.3. The van der Waals surface area contributed by atoms with E-state index < -0.39 is 0 Å². The molecule has 0 bridgehead atoms. The summed E-state index contributed by atoms with van der Waals surface area (Å²) >= 11 is 0. The van der Waals surface area contributed by atoms with E-state index in [1.807, 2.05) is 36.4 Å². The largest absolute Gasteiger partial charge is 0.456 e. The Kier molecular flexibility index (Phi) is 7.09. The first kappa shape index (κ1) is 31.6. The summed E-state index contributed by atoms with van der Waals surface area (Å²) in [5.74, 6) is 1.80. The predicted molar refractivity (Wildman–Crippen MR) is 220 cm³/mol. The second-order valence-electron chi connectivity index (χ2n) is 15.0. The van der Waals surface area contributed by atoms with Gasteiger partial charge in [-0.05, 0) is 87.3 Å². The number of furan rings is 1. The Hall–Kier alpha value is -6.90. The van der Waals surface area contributed by atoms with Crippen molar-refractivity contribution >= 4 is 32.7 Å². The van der Waals surface area contributed by atoms with Crippen LogP contribution in [0.15, 0.2) is 150 Å². The van der Waals surface area contributed by atoms with Gasteiger partial charge in [-0.3, -0.25) is 0 Å². The van der Waals surface area contributed by atoms with Crippen LogP contribution in [0.1, 0.15) is 48.8 Å². The maximum absolute atomic E-state index is 10.3. The molecule has 11 rings (SSSR count). The number of nitrogens with zero attached hydrogens (tertiary/aromatic N) is 4. The number of nitriles is 1. The molecule has 1 fully saturated rings. The molecule has 5 nitrogen and oxygen atoms in total. The van der Waals surface area contributed by atoms with Gasteiger partial charge in [-0.25, -0.2) is 15.0 Å². The molecule has 1 spiro atoms. The summed E-state index contributed by atoms with van der Waals surface area (Å²) < 4.78 is 6.26. The third-order valence-electron chi connectivity index (χ3n) is 12.0. The van der Waals surface area contributed by atoms with Gasteiger partial charge in [-0.2, -0.15) is 5.26 Å². The van der Waals surface area contributed by atoms with Gasteiger partial charge in [0.2, 0.25) is 0 Å². The van der Waals surface area contributed by atoms with Crippen LogP contribution in [0.5, 0.6) is 0 Å². The smallest absolute Gasteiger partial charge is 0.164 e. The Morgan fingerprint density at radius 1 is 0.509 bits per heavy atom. The molecule has 2 aliphatic rings. The van der Waals surface area contributed by atoms with E-state index in [2.05, 4.69) is 115 Å². The molecule has 0 atom stereocenters. The number of rotatable bonds is 4. The quantitative estimate of drug-likeness (QED) is 0.182. The lowest BCUT2D eigenvalue weighted by atomic mass is 9.66. The van der Waals surface area contributed by atoms with Gasteiger partial charge in [0.05, 0.1) is 11.6 Å². The van der Waals surface area contributed by atoms with Gasteiger partial charge in [0.1, 0.15) is 11.2 Å². The number of hydrogen-bond donors (Lipinski definition) is 0. The van der Waals surface area contributed by atoms with Crippen LogP contribution in [0.25, 0.3) is 89.1 Å². The molecule has 2 heterocycles. The lowest BCUT2D eigenvalue weighted by Gasteiger charge is -2.36. The minimum Gasteiger partial charge on any atom is -0.456 e. The molecule has 0 saturated heterocycles. The summed E-state index contributed by atoms with van der Waals surface area (Å²) in [6.45, 7) is 0.